The molecule has 1 unspecified atom stereocenters. The summed E-state index contributed by atoms with van der Waals surface area (Å²) in [5.41, 5.74) is 11.5. The Morgan fingerprint density at radius 1 is 0.395 bits per heavy atom. The van der Waals surface area contributed by atoms with Crippen LogP contribution in [-0.2, 0) is 38.7 Å². The van der Waals surface area contributed by atoms with E-state index in [9.17, 15) is 0 Å². The highest BCUT2D eigenvalue weighted by Crippen LogP contribution is 2.42. The van der Waals surface area contributed by atoms with Crippen molar-refractivity contribution in [1.82, 2.24) is 4.90 Å². The first-order chi connectivity index (χ1) is 40.4. The van der Waals surface area contributed by atoms with Crippen LogP contribution in [0.3, 0.4) is 0 Å². The quantitative estimate of drug-likeness (QED) is 0.0431. The Morgan fingerprint density at radius 2 is 0.728 bits per heavy atom. The maximum Gasteiger partial charge on any atom is 0.146 e. The molecule has 0 radical (unpaired) electrons. The Labute approximate surface area is 494 Å². The van der Waals surface area contributed by atoms with Gasteiger partial charge in [0.05, 0.1) is 31.5 Å². The highest BCUT2D eigenvalue weighted by Gasteiger charge is 2.41. The first-order valence-corrected chi connectivity index (χ1v) is 33.4. The van der Waals surface area contributed by atoms with Gasteiger partial charge in [-0.05, 0) is 67.2 Å². The van der Waals surface area contributed by atoms with E-state index in [4.69, 9.17) is 38.7 Å². The lowest BCUT2D eigenvalue weighted by Crippen LogP contribution is -2.50. The van der Waals surface area contributed by atoms with Gasteiger partial charge in [0.1, 0.15) is 13.6 Å². The molecule has 0 aromatic heterocycles. The third kappa shape index (κ3) is 34.9. The van der Waals surface area contributed by atoms with Crippen molar-refractivity contribution < 1.29 is 33.2 Å². The van der Waals surface area contributed by atoms with E-state index < -0.39 is 5.54 Å². The largest absolute Gasteiger partial charge is 0.381 e. The summed E-state index contributed by atoms with van der Waals surface area (Å²) in [6.07, 6.45) is 45.4. The molecule has 4 rings (SSSR count). The third-order valence-corrected chi connectivity index (χ3v) is 16.3. The first kappa shape index (κ1) is 70.1. The standard InChI is InChI=1S/C70H116N4O7/c71-73-72-52-39-24-18-12-11-17-23-29-44-59-81-69-51-60-75-55-40-25-19-13-7-3-1-5-9-15-21-27-42-57-77-64-79-61-53-74(70(66-45-33-30-34-46-66,67-47-35-31-36-48-67)68-49-37-32-38-50-68)54-62-80-65-78-58-43-28-22-16-10-6-2-4-8-14-20-26-41-56-76-63-69/h30-38,45-50,69H,1-29,39-44,51-65H2. The SMILES string of the molecule is [N-]=[N+]=NCCCCCCCCCCCOC1CCOCCCCCCCCCCCCCCCOCOCCN(C(c2ccccc2)(c2ccccc2)c2ccccc2)CCOCOCCCCCCCCCCCCCCCOC1. The molecule has 0 aliphatic carbocycles. The number of hydrogen-bond acceptors (Lipinski definition) is 9. The Hall–Kier alpha value is -3.35. The van der Waals surface area contributed by atoms with Crippen molar-refractivity contribution in [3.63, 3.8) is 0 Å². The van der Waals surface area contributed by atoms with Crippen molar-refractivity contribution in [2.24, 2.45) is 5.11 Å². The molecule has 3 aromatic carbocycles. The summed E-state index contributed by atoms with van der Waals surface area (Å²) in [4.78, 5) is 5.38. The second-order valence-electron chi connectivity index (χ2n) is 23.0. The van der Waals surface area contributed by atoms with Gasteiger partial charge in [0.2, 0.25) is 0 Å². The molecule has 1 saturated heterocycles. The van der Waals surface area contributed by atoms with Crippen LogP contribution in [0.4, 0.5) is 0 Å². The molecular weight excluding hydrogens is 1010 g/mol. The van der Waals surface area contributed by atoms with Gasteiger partial charge in [-0.25, -0.2) is 0 Å². The van der Waals surface area contributed by atoms with E-state index >= 15 is 0 Å². The zero-order chi connectivity index (χ0) is 56.7. The minimum absolute atomic E-state index is 0.121. The average Bonchev–Trinajstić information content (AvgIpc) is 3.54. The van der Waals surface area contributed by atoms with Gasteiger partial charge in [-0.15, -0.1) is 0 Å². The lowest BCUT2D eigenvalue weighted by atomic mass is 9.75. The minimum Gasteiger partial charge on any atom is -0.381 e. The molecule has 0 bridgehead atoms. The van der Waals surface area contributed by atoms with Gasteiger partial charge in [0, 0.05) is 64.2 Å². The fourth-order valence-corrected chi connectivity index (χ4v) is 11.5. The van der Waals surface area contributed by atoms with Crippen molar-refractivity contribution in [2.75, 3.05) is 92.7 Å². The summed E-state index contributed by atoms with van der Waals surface area (Å²) in [6.45, 7) is 9.15. The molecule has 458 valence electrons. The van der Waals surface area contributed by atoms with Gasteiger partial charge >= 0.3 is 0 Å². The van der Waals surface area contributed by atoms with E-state index in [1.165, 1.54) is 203 Å². The second kappa shape index (κ2) is 52.2. The maximum absolute atomic E-state index is 8.42. The summed E-state index contributed by atoms with van der Waals surface area (Å²) < 4.78 is 43.3. The number of ether oxygens (including phenoxy) is 7. The summed E-state index contributed by atoms with van der Waals surface area (Å²) >= 11 is 0. The van der Waals surface area contributed by atoms with Crippen molar-refractivity contribution in [3.8, 4) is 0 Å². The Bertz CT molecular complexity index is 1740. The van der Waals surface area contributed by atoms with Crippen LogP contribution in [0.2, 0.25) is 0 Å². The van der Waals surface area contributed by atoms with Gasteiger partial charge in [-0.3, -0.25) is 4.90 Å². The monoisotopic (exact) mass is 1120 g/mol. The van der Waals surface area contributed by atoms with E-state index in [1.54, 1.807) is 0 Å². The topological polar surface area (TPSA) is 117 Å². The fourth-order valence-electron chi connectivity index (χ4n) is 11.5. The number of unbranched alkanes of at least 4 members (excludes halogenated alkanes) is 8. The van der Waals surface area contributed by atoms with Crippen LogP contribution in [0.5, 0.6) is 0 Å². The Balaban J connectivity index is 1.16. The number of hydrogen-bond donors (Lipinski definition) is 0. The lowest BCUT2D eigenvalue weighted by Gasteiger charge is -2.45. The average molecular weight is 1130 g/mol. The number of azide groups is 1. The zero-order valence-electron chi connectivity index (χ0n) is 51.2. The third-order valence-electron chi connectivity index (χ3n) is 16.3. The predicted octanol–water partition coefficient (Wildman–Crippen LogP) is 19.0. The van der Waals surface area contributed by atoms with E-state index in [-0.39, 0.29) is 6.10 Å². The molecule has 0 amide bonds. The highest BCUT2D eigenvalue weighted by molar-refractivity contribution is 5.49. The van der Waals surface area contributed by atoms with Crippen LogP contribution >= 0.6 is 0 Å². The second-order valence-corrected chi connectivity index (χ2v) is 23.0. The molecular formula is C70H116N4O7. The van der Waals surface area contributed by atoms with Gasteiger partial charge in [0.15, 0.2) is 0 Å². The molecule has 0 N–H and O–H groups in total. The van der Waals surface area contributed by atoms with Gasteiger partial charge < -0.3 is 33.2 Å². The number of rotatable bonds is 17. The molecule has 1 aliphatic rings. The molecule has 3 aromatic rings. The van der Waals surface area contributed by atoms with Crippen LogP contribution in [0.15, 0.2) is 96.1 Å². The van der Waals surface area contributed by atoms with Crippen LogP contribution < -0.4 is 0 Å². The van der Waals surface area contributed by atoms with Crippen molar-refractivity contribution in [1.29, 1.82) is 0 Å². The molecule has 81 heavy (non-hydrogen) atoms. The number of nitrogens with zero attached hydrogens (tertiary/aromatic N) is 4. The van der Waals surface area contributed by atoms with Crippen LogP contribution in [0, 0.1) is 0 Å². The maximum atomic E-state index is 8.42. The van der Waals surface area contributed by atoms with Gasteiger partial charge in [0.25, 0.3) is 0 Å². The minimum atomic E-state index is -0.559. The summed E-state index contributed by atoms with van der Waals surface area (Å²) in [5, 5.41) is 3.64. The van der Waals surface area contributed by atoms with E-state index in [2.05, 4.69) is 106 Å². The van der Waals surface area contributed by atoms with Gasteiger partial charge in [-0.1, -0.05) is 282 Å². The first-order valence-electron chi connectivity index (χ1n) is 33.4. The predicted molar refractivity (Wildman–Crippen MR) is 336 cm³/mol. The number of benzene rings is 3. The Morgan fingerprint density at radius 3 is 1.12 bits per heavy atom. The molecule has 1 aliphatic heterocycles. The molecule has 0 saturated carbocycles. The molecule has 11 heteroatoms. The van der Waals surface area contributed by atoms with Crippen LogP contribution in [0.1, 0.15) is 248 Å². The summed E-state index contributed by atoms with van der Waals surface area (Å²) in [5.74, 6) is 0. The molecule has 1 atom stereocenters. The smallest absolute Gasteiger partial charge is 0.146 e. The zero-order valence-corrected chi connectivity index (χ0v) is 51.2. The molecule has 1 fully saturated rings. The van der Waals surface area contributed by atoms with Crippen LogP contribution in [0.25, 0.3) is 10.4 Å². The Kier molecular flexibility index (Phi) is 45.2. The van der Waals surface area contributed by atoms with Crippen molar-refractivity contribution >= 4 is 0 Å². The summed E-state index contributed by atoms with van der Waals surface area (Å²) in [6, 6.07) is 32.7. The summed E-state index contributed by atoms with van der Waals surface area (Å²) in [7, 11) is 0. The van der Waals surface area contributed by atoms with E-state index in [0.717, 1.165) is 84.6 Å². The molecule has 1 heterocycles. The highest BCUT2D eigenvalue weighted by atomic mass is 16.7. The van der Waals surface area contributed by atoms with E-state index in [1.807, 2.05) is 0 Å². The van der Waals surface area contributed by atoms with Gasteiger partial charge in [-0.2, -0.15) is 0 Å². The molecule has 0 spiro atoms. The van der Waals surface area contributed by atoms with Crippen LogP contribution in [-0.4, -0.2) is 104 Å². The molecule has 11 nitrogen and oxygen atoms in total. The van der Waals surface area contributed by atoms with Crippen molar-refractivity contribution in [3.05, 3.63) is 118 Å². The van der Waals surface area contributed by atoms with E-state index in [0.29, 0.717) is 53.0 Å². The van der Waals surface area contributed by atoms with Crippen molar-refractivity contribution in [2.45, 2.75) is 243 Å². The lowest BCUT2D eigenvalue weighted by molar-refractivity contribution is -0.0754. The normalized spacial score (nSPS) is 20.0. The fraction of sp³-hybridized carbons (Fsp3) is 0.743.